The molecule has 2 heterocycles. The van der Waals surface area contributed by atoms with E-state index >= 15 is 0 Å². The van der Waals surface area contributed by atoms with Crippen molar-refractivity contribution in [3.05, 3.63) is 89.2 Å². The van der Waals surface area contributed by atoms with E-state index in [9.17, 15) is 29.1 Å². The van der Waals surface area contributed by atoms with Crippen molar-refractivity contribution in [3.63, 3.8) is 0 Å². The fourth-order valence-corrected chi connectivity index (χ4v) is 6.24. The van der Waals surface area contributed by atoms with Gasteiger partial charge in [0, 0.05) is 24.2 Å². The summed E-state index contributed by atoms with van der Waals surface area (Å²) in [5.41, 5.74) is 1.92. The Bertz CT molecular complexity index is 2060. The summed E-state index contributed by atoms with van der Waals surface area (Å²) in [6.45, 7) is 5.05. The molecule has 308 valence electrons. The fourth-order valence-electron chi connectivity index (χ4n) is 6.24. The SMILES string of the molecule is COc1ccc2cc1Oc1cccc(OC)c1CNC(=O)[C@@H](C(C)C)NC(=O)[C@H]([C@@H](C)O)NC(=O)CN(C(=O)c1ccc(Cn3cnnn3)cc1)CCCCNC2=O. The number of hydrogen-bond acceptors (Lipinski definition) is 12. The molecule has 0 aliphatic carbocycles. The van der Waals surface area contributed by atoms with Gasteiger partial charge in [-0.2, -0.15) is 0 Å². The van der Waals surface area contributed by atoms with E-state index in [1.807, 2.05) is 0 Å². The number of nitrogens with zero attached hydrogens (tertiary/aromatic N) is 5. The molecule has 3 aromatic carbocycles. The second-order valence-electron chi connectivity index (χ2n) is 14.0. The zero-order valence-corrected chi connectivity index (χ0v) is 33.1. The van der Waals surface area contributed by atoms with Crippen LogP contribution in [0.15, 0.2) is 67.0 Å². The molecule has 0 fully saturated rings. The number of tetrazole rings is 1. The quantitative estimate of drug-likeness (QED) is 0.180. The topological polar surface area (TPSA) is 228 Å². The molecule has 1 aliphatic rings. The van der Waals surface area contributed by atoms with Crippen molar-refractivity contribution >= 4 is 29.5 Å². The third-order valence-electron chi connectivity index (χ3n) is 9.42. The van der Waals surface area contributed by atoms with Crippen molar-refractivity contribution in [1.29, 1.82) is 0 Å². The maximum absolute atomic E-state index is 13.9. The predicted molar refractivity (Wildman–Crippen MR) is 209 cm³/mol. The lowest BCUT2D eigenvalue weighted by molar-refractivity contribution is -0.135. The molecule has 18 heteroatoms. The minimum absolute atomic E-state index is 0.0811. The number of aliphatic hydroxyl groups is 1. The number of nitrogens with one attached hydrogen (secondary N) is 4. The number of methoxy groups -OCH3 is 2. The van der Waals surface area contributed by atoms with Crippen LogP contribution in [0.2, 0.25) is 0 Å². The Hall–Kier alpha value is -6.56. The zero-order chi connectivity index (χ0) is 41.8. The Morgan fingerprint density at radius 3 is 2.33 bits per heavy atom. The van der Waals surface area contributed by atoms with Gasteiger partial charge in [0.2, 0.25) is 17.7 Å². The Morgan fingerprint density at radius 2 is 1.66 bits per heavy atom. The molecule has 3 atom stereocenters. The number of carbonyl (C=O) groups excluding carboxylic acids is 5. The van der Waals surface area contributed by atoms with Gasteiger partial charge in [-0.05, 0) is 84.1 Å². The summed E-state index contributed by atoms with van der Waals surface area (Å²) in [5, 5.41) is 32.7. The second-order valence-corrected chi connectivity index (χ2v) is 14.0. The third kappa shape index (κ3) is 11.1. The van der Waals surface area contributed by atoms with E-state index in [0.29, 0.717) is 53.3 Å². The average Bonchev–Trinajstić information content (AvgIpc) is 3.73. The highest BCUT2D eigenvalue weighted by atomic mass is 16.5. The lowest BCUT2D eigenvalue weighted by atomic mass is 10.0. The predicted octanol–water partition coefficient (Wildman–Crippen LogP) is 1.82. The molecular weight excluding hydrogens is 750 g/mol. The molecule has 1 aliphatic heterocycles. The van der Waals surface area contributed by atoms with Gasteiger partial charge < -0.3 is 45.5 Å². The van der Waals surface area contributed by atoms with Crippen LogP contribution in [-0.4, -0.2) is 112 Å². The summed E-state index contributed by atoms with van der Waals surface area (Å²) in [6.07, 6.45) is 0.958. The van der Waals surface area contributed by atoms with Crippen molar-refractivity contribution in [3.8, 4) is 23.0 Å². The van der Waals surface area contributed by atoms with E-state index < -0.39 is 54.3 Å². The lowest BCUT2D eigenvalue weighted by Crippen LogP contribution is -2.59. The van der Waals surface area contributed by atoms with Crippen LogP contribution in [0.1, 0.15) is 65.5 Å². The van der Waals surface area contributed by atoms with Gasteiger partial charge in [0.15, 0.2) is 11.5 Å². The number of ether oxygens (including phenoxy) is 3. The molecule has 0 radical (unpaired) electrons. The van der Waals surface area contributed by atoms with Gasteiger partial charge in [0.1, 0.15) is 29.9 Å². The van der Waals surface area contributed by atoms with Crippen LogP contribution in [0, 0.1) is 5.92 Å². The first-order chi connectivity index (χ1) is 27.9. The first-order valence-electron chi connectivity index (χ1n) is 18.8. The molecule has 0 saturated heterocycles. The molecule has 0 saturated carbocycles. The fraction of sp³-hybridized carbons (Fsp3) is 0.400. The molecule has 5 rings (SSSR count). The second kappa shape index (κ2) is 20.0. The molecular formula is C40H49N9O9. The smallest absolute Gasteiger partial charge is 0.254 e. The van der Waals surface area contributed by atoms with Crippen molar-refractivity contribution in [1.82, 2.24) is 46.4 Å². The summed E-state index contributed by atoms with van der Waals surface area (Å²) in [6, 6.07) is 14.1. The summed E-state index contributed by atoms with van der Waals surface area (Å²) in [4.78, 5) is 69.4. The highest BCUT2D eigenvalue weighted by Gasteiger charge is 2.32. The Kier molecular flexibility index (Phi) is 14.7. The largest absolute Gasteiger partial charge is 0.496 e. The zero-order valence-electron chi connectivity index (χ0n) is 33.1. The van der Waals surface area contributed by atoms with E-state index in [1.165, 1.54) is 37.1 Å². The molecule has 58 heavy (non-hydrogen) atoms. The van der Waals surface area contributed by atoms with E-state index in [0.717, 1.165) is 5.56 Å². The van der Waals surface area contributed by atoms with Gasteiger partial charge in [-0.25, -0.2) is 4.68 Å². The maximum atomic E-state index is 13.9. The monoisotopic (exact) mass is 799 g/mol. The molecule has 18 nitrogen and oxygen atoms in total. The highest BCUT2D eigenvalue weighted by molar-refractivity contribution is 5.98. The van der Waals surface area contributed by atoms with Gasteiger partial charge >= 0.3 is 0 Å². The molecule has 0 unspecified atom stereocenters. The minimum Gasteiger partial charge on any atom is -0.496 e. The maximum Gasteiger partial charge on any atom is 0.254 e. The van der Waals surface area contributed by atoms with Crippen LogP contribution in [0.5, 0.6) is 23.0 Å². The van der Waals surface area contributed by atoms with Gasteiger partial charge in [-0.15, -0.1) is 5.10 Å². The average molecular weight is 800 g/mol. The van der Waals surface area contributed by atoms with Crippen LogP contribution in [0.25, 0.3) is 0 Å². The number of aliphatic hydroxyl groups excluding tert-OH is 1. The van der Waals surface area contributed by atoms with Crippen LogP contribution < -0.4 is 35.5 Å². The number of rotatable bonds is 7. The Labute approximate surface area is 335 Å². The number of benzene rings is 3. The molecule has 2 bridgehead atoms. The highest BCUT2D eigenvalue weighted by Crippen LogP contribution is 2.37. The van der Waals surface area contributed by atoms with Gasteiger partial charge in [-0.3, -0.25) is 24.0 Å². The van der Waals surface area contributed by atoms with Crippen molar-refractivity contribution in [2.24, 2.45) is 5.92 Å². The lowest BCUT2D eigenvalue weighted by Gasteiger charge is -2.28. The first kappa shape index (κ1) is 42.6. The Balaban J connectivity index is 1.43. The van der Waals surface area contributed by atoms with Crippen LogP contribution >= 0.6 is 0 Å². The Morgan fingerprint density at radius 1 is 0.897 bits per heavy atom. The van der Waals surface area contributed by atoms with Crippen molar-refractivity contribution in [2.45, 2.75) is 64.9 Å². The molecule has 0 spiro atoms. The van der Waals surface area contributed by atoms with Crippen LogP contribution in [-0.2, 0) is 27.5 Å². The normalized spacial score (nSPS) is 18.1. The molecule has 5 N–H and O–H groups in total. The standard InChI is InChI=1S/C40H49N9O9/c1-24(2)35-38(53)42-20-29-30(56-4)9-8-10-31(29)58-33-19-28(15-16-32(33)57-5)37(52)41-17-6-7-18-48(22-34(51)44-36(25(3)50)39(54)45-35)40(55)27-13-11-26(12-14-27)21-49-23-43-46-47-49/h8-16,19,23-25,35-36,50H,6-7,17-18,20-22H2,1-5H3,(H,41,52)(H,42,53)(H,44,51)(H,45,54)/t25-,35-,36+/m1/s1. The number of aromatic nitrogens is 4. The van der Waals surface area contributed by atoms with E-state index in [4.69, 9.17) is 14.2 Å². The van der Waals surface area contributed by atoms with Crippen molar-refractivity contribution < 1.29 is 43.3 Å². The summed E-state index contributed by atoms with van der Waals surface area (Å²) in [7, 11) is 2.95. The molecule has 5 amide bonds. The van der Waals surface area contributed by atoms with Gasteiger partial charge in [0.25, 0.3) is 11.8 Å². The van der Waals surface area contributed by atoms with Gasteiger partial charge in [0.05, 0.1) is 45.5 Å². The minimum atomic E-state index is -1.46. The van der Waals surface area contributed by atoms with E-state index in [1.54, 1.807) is 74.5 Å². The van der Waals surface area contributed by atoms with Crippen molar-refractivity contribution in [2.75, 3.05) is 33.9 Å². The summed E-state index contributed by atoms with van der Waals surface area (Å²) >= 11 is 0. The number of carbonyl (C=O) groups is 5. The summed E-state index contributed by atoms with van der Waals surface area (Å²) in [5.74, 6) is -1.98. The molecule has 4 aromatic rings. The number of hydrogen-bond donors (Lipinski definition) is 5. The molecule has 1 aromatic heterocycles. The number of amides is 5. The van der Waals surface area contributed by atoms with E-state index in [-0.39, 0.29) is 31.3 Å². The first-order valence-corrected chi connectivity index (χ1v) is 18.8. The van der Waals surface area contributed by atoms with Gasteiger partial charge in [-0.1, -0.05) is 32.0 Å². The third-order valence-corrected chi connectivity index (χ3v) is 9.42. The van der Waals surface area contributed by atoms with E-state index in [2.05, 4.69) is 36.8 Å². The summed E-state index contributed by atoms with van der Waals surface area (Å²) < 4.78 is 18.9. The van der Waals surface area contributed by atoms with Crippen LogP contribution in [0.4, 0.5) is 0 Å². The van der Waals surface area contributed by atoms with Crippen LogP contribution in [0.3, 0.4) is 0 Å². The number of fused-ring (bicyclic) bond motifs is 3.